The first-order valence-electron chi connectivity index (χ1n) is 6.19. The molecule has 1 aromatic carbocycles. The van der Waals surface area contributed by atoms with Crippen LogP contribution in [0, 0.1) is 19.7 Å². The Labute approximate surface area is 110 Å². The molecule has 0 saturated carbocycles. The summed E-state index contributed by atoms with van der Waals surface area (Å²) in [5.41, 5.74) is 4.22. The van der Waals surface area contributed by atoms with Crippen molar-refractivity contribution in [2.75, 3.05) is 0 Å². The van der Waals surface area contributed by atoms with Gasteiger partial charge in [-0.15, -0.1) is 0 Å². The fourth-order valence-electron chi connectivity index (χ4n) is 2.45. The van der Waals surface area contributed by atoms with E-state index in [4.69, 9.17) is 0 Å². The van der Waals surface area contributed by atoms with Crippen LogP contribution in [0.2, 0.25) is 0 Å². The van der Waals surface area contributed by atoms with Crippen molar-refractivity contribution in [2.45, 2.75) is 13.8 Å². The van der Waals surface area contributed by atoms with E-state index in [9.17, 15) is 4.39 Å². The molecule has 0 radical (unpaired) electrons. The number of benzene rings is 1. The van der Waals surface area contributed by atoms with Crippen LogP contribution in [0.5, 0.6) is 0 Å². The number of fused-ring (bicyclic) bond motifs is 1. The molecule has 3 aromatic rings. The first-order chi connectivity index (χ1) is 9.04. The molecule has 96 valence electrons. The van der Waals surface area contributed by atoms with Crippen LogP contribution in [0.4, 0.5) is 4.39 Å². The highest BCUT2D eigenvalue weighted by Gasteiger charge is 2.03. The molecule has 3 heteroatoms. The van der Waals surface area contributed by atoms with Gasteiger partial charge >= 0.3 is 0 Å². The number of hydrogen-bond acceptors (Lipinski definition) is 0. The van der Waals surface area contributed by atoms with Gasteiger partial charge in [0.1, 0.15) is 5.82 Å². The lowest BCUT2D eigenvalue weighted by Gasteiger charge is -1.92. The lowest BCUT2D eigenvalue weighted by molar-refractivity contribution is 0.629. The Balaban J connectivity index is 2.36. The first kappa shape index (κ1) is 11.8. The lowest BCUT2D eigenvalue weighted by atomic mass is 10.2. The predicted octanol–water partition coefficient (Wildman–Crippen LogP) is 2.49. The van der Waals surface area contributed by atoms with Crippen molar-refractivity contribution in [3.05, 3.63) is 57.6 Å². The minimum atomic E-state index is -0.236. The van der Waals surface area contributed by atoms with E-state index in [0.717, 1.165) is 32.9 Å². The second-order valence-corrected chi connectivity index (χ2v) is 4.90. The van der Waals surface area contributed by atoms with Gasteiger partial charge in [0.2, 0.25) is 0 Å². The largest absolute Gasteiger partial charge is 0.359 e. The molecule has 0 atom stereocenters. The number of rotatable bonds is 1. The summed E-state index contributed by atoms with van der Waals surface area (Å²) in [7, 11) is 0. The molecule has 0 fully saturated rings. The fourth-order valence-corrected chi connectivity index (χ4v) is 2.45. The molecule has 2 heterocycles. The summed E-state index contributed by atoms with van der Waals surface area (Å²) in [6.07, 6.45) is 2.02. The summed E-state index contributed by atoms with van der Waals surface area (Å²) < 4.78 is 13.4. The van der Waals surface area contributed by atoms with Crippen molar-refractivity contribution in [3.8, 4) is 0 Å². The second kappa shape index (κ2) is 4.12. The number of halogens is 1. The molecule has 0 spiro atoms. The van der Waals surface area contributed by atoms with Crippen LogP contribution in [-0.4, -0.2) is 9.97 Å². The maximum Gasteiger partial charge on any atom is 0.123 e. The molecule has 0 bridgehead atoms. The van der Waals surface area contributed by atoms with E-state index < -0.39 is 0 Å². The van der Waals surface area contributed by atoms with Crippen LogP contribution in [-0.2, 0) is 0 Å². The fraction of sp³-hybridized carbons (Fsp3) is 0.125. The van der Waals surface area contributed by atoms with Crippen molar-refractivity contribution in [3.63, 3.8) is 0 Å². The second-order valence-electron chi connectivity index (χ2n) is 4.90. The number of H-pyrrole nitrogens is 2. The summed E-state index contributed by atoms with van der Waals surface area (Å²) >= 11 is 0. The SMILES string of the molecule is C=c1[nH]c2ccc(F)cc2/c1=C/c1[nH]c(C)cc1C. The van der Waals surface area contributed by atoms with Gasteiger partial charge in [0.15, 0.2) is 0 Å². The number of aromatic amines is 2. The van der Waals surface area contributed by atoms with Crippen LogP contribution in [0.25, 0.3) is 23.6 Å². The van der Waals surface area contributed by atoms with Crippen LogP contribution in [0.1, 0.15) is 17.0 Å². The van der Waals surface area contributed by atoms with E-state index in [1.807, 2.05) is 19.9 Å². The molecule has 2 aromatic heterocycles. The molecular weight excluding hydrogens is 239 g/mol. The van der Waals surface area contributed by atoms with E-state index >= 15 is 0 Å². The Kier molecular flexibility index (Phi) is 2.56. The third-order valence-corrected chi connectivity index (χ3v) is 3.36. The number of aryl methyl sites for hydroxylation is 2. The van der Waals surface area contributed by atoms with Crippen LogP contribution in [0.15, 0.2) is 24.3 Å². The van der Waals surface area contributed by atoms with E-state index in [-0.39, 0.29) is 5.82 Å². The van der Waals surface area contributed by atoms with Gasteiger partial charge < -0.3 is 9.97 Å². The summed E-state index contributed by atoms with van der Waals surface area (Å²) in [5.74, 6) is -0.236. The standard InChI is InChI=1S/C16H15FN2/c1-9-6-10(2)18-16(9)8-13-11(3)19-15-5-4-12(17)7-14(13)15/h4-8,18-19H,3H2,1-2H3/b13-8+. The van der Waals surface area contributed by atoms with Crippen molar-refractivity contribution in [1.29, 1.82) is 0 Å². The summed E-state index contributed by atoms with van der Waals surface area (Å²) in [5, 5.41) is 2.59. The predicted molar refractivity (Wildman–Crippen MR) is 76.9 cm³/mol. The van der Waals surface area contributed by atoms with Crippen molar-refractivity contribution in [1.82, 2.24) is 9.97 Å². The van der Waals surface area contributed by atoms with Crippen LogP contribution >= 0.6 is 0 Å². The van der Waals surface area contributed by atoms with E-state index in [2.05, 4.69) is 22.6 Å². The van der Waals surface area contributed by atoms with E-state index in [0.29, 0.717) is 0 Å². The summed E-state index contributed by atoms with van der Waals surface area (Å²) in [4.78, 5) is 6.48. The van der Waals surface area contributed by atoms with Crippen molar-refractivity contribution < 1.29 is 4.39 Å². The number of hydrogen-bond donors (Lipinski definition) is 2. The average Bonchev–Trinajstić information content (AvgIpc) is 2.81. The third-order valence-electron chi connectivity index (χ3n) is 3.36. The van der Waals surface area contributed by atoms with Gasteiger partial charge in [-0.25, -0.2) is 4.39 Å². The maximum atomic E-state index is 13.4. The van der Waals surface area contributed by atoms with E-state index in [1.54, 1.807) is 6.07 Å². The molecule has 2 N–H and O–H groups in total. The van der Waals surface area contributed by atoms with Gasteiger partial charge in [-0.1, -0.05) is 6.58 Å². The van der Waals surface area contributed by atoms with Crippen LogP contribution < -0.4 is 10.6 Å². The van der Waals surface area contributed by atoms with Crippen LogP contribution in [0.3, 0.4) is 0 Å². The summed E-state index contributed by atoms with van der Waals surface area (Å²) in [6, 6.07) is 6.82. The Hall–Kier alpha value is -2.29. The minimum absolute atomic E-state index is 0.236. The van der Waals surface area contributed by atoms with Gasteiger partial charge in [0, 0.05) is 32.9 Å². The number of aromatic nitrogens is 2. The molecule has 0 aliphatic rings. The van der Waals surface area contributed by atoms with Gasteiger partial charge in [0.05, 0.1) is 0 Å². The molecule has 0 saturated heterocycles. The molecule has 0 aliphatic heterocycles. The Bertz CT molecular complexity index is 868. The monoisotopic (exact) mass is 254 g/mol. The quantitative estimate of drug-likeness (QED) is 0.668. The molecule has 2 nitrogen and oxygen atoms in total. The average molecular weight is 254 g/mol. The van der Waals surface area contributed by atoms with Gasteiger partial charge in [-0.3, -0.25) is 0 Å². The van der Waals surface area contributed by atoms with Gasteiger partial charge in [-0.2, -0.15) is 0 Å². The normalized spacial score (nSPS) is 12.5. The molecular formula is C16H15FN2. The highest BCUT2D eigenvalue weighted by Crippen LogP contribution is 2.11. The molecule has 0 amide bonds. The molecule has 0 aliphatic carbocycles. The molecule has 3 rings (SSSR count). The zero-order valence-electron chi connectivity index (χ0n) is 11.0. The topological polar surface area (TPSA) is 31.6 Å². The van der Waals surface area contributed by atoms with Crippen molar-refractivity contribution >= 4 is 23.6 Å². The van der Waals surface area contributed by atoms with Gasteiger partial charge in [-0.05, 0) is 49.8 Å². The Morgan fingerprint density at radius 3 is 2.63 bits per heavy atom. The Morgan fingerprint density at radius 2 is 1.95 bits per heavy atom. The first-order valence-corrected chi connectivity index (χ1v) is 6.19. The van der Waals surface area contributed by atoms with Crippen molar-refractivity contribution in [2.24, 2.45) is 0 Å². The zero-order chi connectivity index (χ0) is 13.6. The third kappa shape index (κ3) is 1.97. The summed E-state index contributed by atoms with van der Waals surface area (Å²) in [6.45, 7) is 8.06. The zero-order valence-corrected chi connectivity index (χ0v) is 11.0. The van der Waals surface area contributed by atoms with Gasteiger partial charge in [0.25, 0.3) is 0 Å². The number of nitrogens with one attached hydrogen (secondary N) is 2. The lowest BCUT2D eigenvalue weighted by Crippen LogP contribution is -2.20. The smallest absolute Gasteiger partial charge is 0.123 e. The maximum absolute atomic E-state index is 13.4. The molecule has 19 heavy (non-hydrogen) atoms. The molecule has 0 unspecified atom stereocenters. The minimum Gasteiger partial charge on any atom is -0.359 e. The Morgan fingerprint density at radius 1 is 1.16 bits per heavy atom. The highest BCUT2D eigenvalue weighted by atomic mass is 19.1. The van der Waals surface area contributed by atoms with E-state index in [1.165, 1.54) is 17.7 Å². The highest BCUT2D eigenvalue weighted by molar-refractivity contribution is 5.82.